The molecule has 1 aromatic rings. The second kappa shape index (κ2) is 5.02. The standard InChI is InChI=1S/C13H14N2O3S/c1-10-5-4-6-12(11(10)9-14)19(17,18)15-8-3-2-7-13(15)16/h4-6H,2-3,7-8H2,1H3. The van der Waals surface area contributed by atoms with Gasteiger partial charge in [0.2, 0.25) is 5.91 Å². The molecule has 1 aliphatic heterocycles. The normalized spacial score (nSPS) is 16.2. The van der Waals surface area contributed by atoms with E-state index >= 15 is 0 Å². The largest absolute Gasteiger partial charge is 0.274 e. The molecule has 0 bridgehead atoms. The fraction of sp³-hybridized carbons (Fsp3) is 0.385. The number of nitriles is 1. The average Bonchev–Trinajstić information content (AvgIpc) is 2.38. The Hall–Kier alpha value is -1.87. The molecule has 0 unspecified atom stereocenters. The van der Waals surface area contributed by atoms with E-state index in [9.17, 15) is 13.2 Å². The van der Waals surface area contributed by atoms with Gasteiger partial charge in [0.1, 0.15) is 11.0 Å². The van der Waals surface area contributed by atoms with Crippen LogP contribution in [0.1, 0.15) is 30.4 Å². The highest BCUT2D eigenvalue weighted by Gasteiger charge is 2.32. The quantitative estimate of drug-likeness (QED) is 0.822. The summed E-state index contributed by atoms with van der Waals surface area (Å²) >= 11 is 0. The van der Waals surface area contributed by atoms with Crippen LogP contribution in [0.3, 0.4) is 0 Å². The summed E-state index contributed by atoms with van der Waals surface area (Å²) in [7, 11) is -3.92. The molecule has 0 radical (unpaired) electrons. The molecule has 6 heteroatoms. The first-order valence-electron chi connectivity index (χ1n) is 6.04. The van der Waals surface area contributed by atoms with Gasteiger partial charge in [-0.2, -0.15) is 5.26 Å². The number of hydrogen-bond acceptors (Lipinski definition) is 4. The van der Waals surface area contributed by atoms with Crippen LogP contribution < -0.4 is 0 Å². The fourth-order valence-corrected chi connectivity index (χ4v) is 3.83. The van der Waals surface area contributed by atoms with Crippen LogP contribution in [-0.2, 0) is 14.8 Å². The van der Waals surface area contributed by atoms with Crippen LogP contribution in [0.4, 0.5) is 0 Å². The molecule has 5 nitrogen and oxygen atoms in total. The molecule has 1 saturated heterocycles. The van der Waals surface area contributed by atoms with Gasteiger partial charge in [0.05, 0.1) is 5.56 Å². The number of sulfonamides is 1. The number of aryl methyl sites for hydroxylation is 1. The zero-order chi connectivity index (χ0) is 14.0. The smallest absolute Gasteiger partial charge is 0.267 e. The van der Waals surface area contributed by atoms with E-state index < -0.39 is 15.9 Å². The lowest BCUT2D eigenvalue weighted by Crippen LogP contribution is -2.40. The van der Waals surface area contributed by atoms with E-state index in [1.165, 1.54) is 6.07 Å². The molecule has 0 aliphatic carbocycles. The Morgan fingerprint density at radius 2 is 2.05 bits per heavy atom. The third kappa shape index (κ3) is 2.34. The first-order valence-corrected chi connectivity index (χ1v) is 7.48. The molecule has 2 rings (SSSR count). The second-order valence-corrected chi connectivity index (χ2v) is 6.32. The number of carbonyl (C=O) groups is 1. The Bertz CT molecular complexity index is 659. The van der Waals surface area contributed by atoms with Gasteiger partial charge in [0.25, 0.3) is 10.0 Å². The maximum absolute atomic E-state index is 12.5. The number of nitrogens with zero attached hydrogens (tertiary/aromatic N) is 2. The highest BCUT2D eigenvalue weighted by atomic mass is 32.2. The molecule has 0 spiro atoms. The number of amides is 1. The van der Waals surface area contributed by atoms with Gasteiger partial charge in [0, 0.05) is 13.0 Å². The van der Waals surface area contributed by atoms with Gasteiger partial charge in [-0.15, -0.1) is 0 Å². The Morgan fingerprint density at radius 3 is 2.68 bits per heavy atom. The van der Waals surface area contributed by atoms with E-state index in [2.05, 4.69) is 0 Å². The minimum atomic E-state index is -3.92. The fourth-order valence-electron chi connectivity index (χ4n) is 2.15. The van der Waals surface area contributed by atoms with Crippen molar-refractivity contribution in [1.82, 2.24) is 4.31 Å². The first kappa shape index (κ1) is 13.6. The van der Waals surface area contributed by atoms with E-state index in [0.717, 1.165) is 4.31 Å². The van der Waals surface area contributed by atoms with Crippen LogP contribution in [0.2, 0.25) is 0 Å². The summed E-state index contributed by atoms with van der Waals surface area (Å²) in [5, 5.41) is 9.11. The zero-order valence-electron chi connectivity index (χ0n) is 10.6. The van der Waals surface area contributed by atoms with Crippen LogP contribution in [-0.4, -0.2) is 25.2 Å². The Morgan fingerprint density at radius 1 is 1.32 bits per heavy atom. The molecule has 19 heavy (non-hydrogen) atoms. The highest BCUT2D eigenvalue weighted by Crippen LogP contribution is 2.25. The summed E-state index contributed by atoms with van der Waals surface area (Å²) in [6, 6.07) is 6.54. The van der Waals surface area contributed by atoms with Crippen LogP contribution in [0.15, 0.2) is 23.1 Å². The van der Waals surface area contributed by atoms with Gasteiger partial charge < -0.3 is 0 Å². The van der Waals surface area contributed by atoms with Gasteiger partial charge in [-0.25, -0.2) is 12.7 Å². The maximum Gasteiger partial charge on any atom is 0.267 e. The predicted molar refractivity (Wildman–Crippen MR) is 68.6 cm³/mol. The van der Waals surface area contributed by atoms with Crippen LogP contribution in [0.25, 0.3) is 0 Å². The third-order valence-corrected chi connectivity index (χ3v) is 5.06. The lowest BCUT2D eigenvalue weighted by atomic mass is 10.1. The summed E-state index contributed by atoms with van der Waals surface area (Å²) in [6.45, 7) is 1.87. The molecule has 1 fully saturated rings. The van der Waals surface area contributed by atoms with Crippen molar-refractivity contribution in [2.45, 2.75) is 31.1 Å². The molecule has 0 aromatic heterocycles. The molecule has 0 N–H and O–H groups in total. The number of hydrogen-bond donors (Lipinski definition) is 0. The zero-order valence-corrected chi connectivity index (χ0v) is 11.4. The lowest BCUT2D eigenvalue weighted by molar-refractivity contribution is -0.128. The van der Waals surface area contributed by atoms with Crippen molar-refractivity contribution < 1.29 is 13.2 Å². The summed E-state index contributed by atoms with van der Waals surface area (Å²) in [6.07, 6.45) is 1.62. The van der Waals surface area contributed by atoms with E-state index in [1.807, 2.05) is 6.07 Å². The van der Waals surface area contributed by atoms with E-state index in [4.69, 9.17) is 5.26 Å². The third-order valence-electron chi connectivity index (χ3n) is 3.19. The molecule has 1 amide bonds. The lowest BCUT2D eigenvalue weighted by Gasteiger charge is -2.26. The van der Waals surface area contributed by atoms with Crippen LogP contribution in [0.5, 0.6) is 0 Å². The Labute approximate surface area is 112 Å². The topological polar surface area (TPSA) is 78.2 Å². The van der Waals surface area contributed by atoms with Crippen molar-refractivity contribution in [3.05, 3.63) is 29.3 Å². The first-order chi connectivity index (χ1) is 8.98. The van der Waals surface area contributed by atoms with Crippen molar-refractivity contribution in [3.63, 3.8) is 0 Å². The summed E-state index contributed by atoms with van der Waals surface area (Å²) < 4.78 is 25.9. The van der Waals surface area contributed by atoms with Crippen molar-refractivity contribution in [2.75, 3.05) is 6.54 Å². The van der Waals surface area contributed by atoms with E-state index in [1.54, 1.807) is 19.1 Å². The van der Waals surface area contributed by atoms with Crippen molar-refractivity contribution in [1.29, 1.82) is 5.26 Å². The van der Waals surface area contributed by atoms with Crippen molar-refractivity contribution in [3.8, 4) is 6.07 Å². The average molecular weight is 278 g/mol. The molecular weight excluding hydrogens is 264 g/mol. The molecular formula is C13H14N2O3S. The van der Waals surface area contributed by atoms with Gasteiger partial charge in [0.15, 0.2) is 0 Å². The minimum absolute atomic E-state index is 0.0785. The maximum atomic E-state index is 12.5. The molecule has 100 valence electrons. The Balaban J connectivity index is 2.54. The van der Waals surface area contributed by atoms with Gasteiger partial charge in [-0.3, -0.25) is 4.79 Å². The number of rotatable bonds is 2. The SMILES string of the molecule is Cc1cccc(S(=O)(=O)N2CCCCC2=O)c1C#N. The summed E-state index contributed by atoms with van der Waals surface area (Å²) in [5.74, 6) is -0.392. The van der Waals surface area contributed by atoms with Gasteiger partial charge in [-0.05, 0) is 31.4 Å². The van der Waals surface area contributed by atoms with E-state index in [0.29, 0.717) is 18.4 Å². The number of benzene rings is 1. The van der Waals surface area contributed by atoms with Crippen molar-refractivity contribution >= 4 is 15.9 Å². The summed E-state index contributed by atoms with van der Waals surface area (Å²) in [5.41, 5.74) is 0.703. The van der Waals surface area contributed by atoms with Gasteiger partial charge >= 0.3 is 0 Å². The monoisotopic (exact) mass is 278 g/mol. The Kier molecular flexibility index (Phi) is 3.58. The van der Waals surface area contributed by atoms with Crippen LogP contribution in [0, 0.1) is 18.3 Å². The highest BCUT2D eigenvalue weighted by molar-refractivity contribution is 7.89. The number of carbonyl (C=O) groups excluding carboxylic acids is 1. The van der Waals surface area contributed by atoms with Gasteiger partial charge in [-0.1, -0.05) is 12.1 Å². The van der Waals surface area contributed by atoms with E-state index in [-0.39, 0.29) is 23.4 Å². The number of piperidine rings is 1. The van der Waals surface area contributed by atoms with Crippen molar-refractivity contribution in [2.24, 2.45) is 0 Å². The van der Waals surface area contributed by atoms with Crippen LogP contribution >= 0.6 is 0 Å². The molecule has 0 saturated carbocycles. The summed E-state index contributed by atoms with van der Waals surface area (Å²) in [4.78, 5) is 11.7. The molecule has 1 aliphatic rings. The molecule has 1 aromatic carbocycles. The molecule has 1 heterocycles. The second-order valence-electron chi connectivity index (χ2n) is 4.49. The predicted octanol–water partition coefficient (Wildman–Crippen LogP) is 1.57. The molecule has 0 atom stereocenters. The minimum Gasteiger partial charge on any atom is -0.274 e.